The van der Waals surface area contributed by atoms with Crippen molar-refractivity contribution in [2.75, 3.05) is 22.4 Å². The lowest BCUT2D eigenvalue weighted by atomic mass is 10.2. The Morgan fingerprint density at radius 3 is 2.62 bits per heavy atom. The molecule has 0 aliphatic heterocycles. The zero-order chi connectivity index (χ0) is 18.9. The van der Waals surface area contributed by atoms with Gasteiger partial charge in [0.15, 0.2) is 0 Å². The van der Waals surface area contributed by atoms with Crippen molar-refractivity contribution in [1.82, 2.24) is 4.98 Å². The molecule has 1 N–H and O–H groups in total. The molecule has 0 atom stereocenters. The highest BCUT2D eigenvalue weighted by Gasteiger charge is 2.22. The lowest BCUT2D eigenvalue weighted by molar-refractivity contribution is -0.114. The fraction of sp³-hybridized carbons (Fsp3) is 0.222. The molecule has 0 bridgehead atoms. The lowest BCUT2D eigenvalue weighted by Crippen LogP contribution is -2.37. The molecule has 0 saturated heterocycles. The van der Waals surface area contributed by atoms with E-state index in [0.717, 1.165) is 31.3 Å². The molecule has 0 aliphatic carbocycles. The average Bonchev–Trinajstić information content (AvgIpc) is 2.92. The van der Waals surface area contributed by atoms with Crippen molar-refractivity contribution in [2.24, 2.45) is 0 Å². The summed E-state index contributed by atoms with van der Waals surface area (Å²) in [6.45, 7) is 3.45. The van der Waals surface area contributed by atoms with E-state index in [1.165, 1.54) is 0 Å². The lowest BCUT2D eigenvalue weighted by Gasteiger charge is -2.23. The third-order valence-corrected chi connectivity index (χ3v) is 5.91. The van der Waals surface area contributed by atoms with Crippen molar-refractivity contribution in [3.05, 3.63) is 53.0 Å². The highest BCUT2D eigenvalue weighted by molar-refractivity contribution is 7.92. The number of hydrogen-bond donors (Lipinski definition) is 1. The first-order chi connectivity index (χ1) is 12.2. The van der Waals surface area contributed by atoms with E-state index < -0.39 is 15.9 Å². The van der Waals surface area contributed by atoms with Crippen molar-refractivity contribution in [3.8, 4) is 0 Å². The number of benzene rings is 2. The van der Waals surface area contributed by atoms with Crippen molar-refractivity contribution in [2.45, 2.75) is 13.8 Å². The summed E-state index contributed by atoms with van der Waals surface area (Å²) in [7, 11) is -3.59. The first-order valence-corrected chi connectivity index (χ1v) is 10.6. The molecular formula is C18H19N3O3S2. The number of sulfonamides is 1. The molecule has 1 aromatic heterocycles. The largest absolute Gasteiger partial charge is 0.324 e. The van der Waals surface area contributed by atoms with Gasteiger partial charge in [-0.1, -0.05) is 18.2 Å². The Kier molecular flexibility index (Phi) is 4.97. The van der Waals surface area contributed by atoms with Crippen LogP contribution in [0.2, 0.25) is 0 Å². The number of hydrogen-bond acceptors (Lipinski definition) is 5. The van der Waals surface area contributed by atoms with Crippen LogP contribution in [0.3, 0.4) is 0 Å². The minimum absolute atomic E-state index is 0.288. The van der Waals surface area contributed by atoms with Gasteiger partial charge in [-0.25, -0.2) is 13.4 Å². The maximum absolute atomic E-state index is 12.5. The van der Waals surface area contributed by atoms with Gasteiger partial charge in [0.1, 0.15) is 6.54 Å². The highest BCUT2D eigenvalue weighted by Crippen LogP contribution is 2.25. The Labute approximate surface area is 156 Å². The van der Waals surface area contributed by atoms with E-state index in [1.54, 1.807) is 29.5 Å². The molecule has 26 heavy (non-hydrogen) atoms. The molecular weight excluding hydrogens is 370 g/mol. The van der Waals surface area contributed by atoms with Crippen LogP contribution in [0.1, 0.15) is 10.6 Å². The maximum Gasteiger partial charge on any atom is 0.245 e. The summed E-state index contributed by atoms with van der Waals surface area (Å²) in [5.41, 5.74) is 2.78. The Bertz CT molecular complexity index is 1070. The van der Waals surface area contributed by atoms with Gasteiger partial charge in [0.05, 0.1) is 27.2 Å². The number of nitrogens with zero attached hydrogens (tertiary/aromatic N) is 2. The van der Waals surface area contributed by atoms with Crippen LogP contribution < -0.4 is 9.62 Å². The van der Waals surface area contributed by atoms with Gasteiger partial charge in [-0.15, -0.1) is 11.3 Å². The number of aromatic nitrogens is 1. The van der Waals surface area contributed by atoms with E-state index >= 15 is 0 Å². The summed E-state index contributed by atoms with van der Waals surface area (Å²) in [4.78, 5) is 16.8. The van der Waals surface area contributed by atoms with Gasteiger partial charge in [-0.3, -0.25) is 9.10 Å². The smallest absolute Gasteiger partial charge is 0.245 e. The number of anilines is 2. The fourth-order valence-electron chi connectivity index (χ4n) is 2.67. The minimum Gasteiger partial charge on any atom is -0.324 e. The van der Waals surface area contributed by atoms with E-state index in [9.17, 15) is 13.2 Å². The SMILES string of the molecule is Cc1nc2ccc(NC(=O)CN(c3ccccc3C)S(C)(=O)=O)cc2s1. The molecule has 0 spiro atoms. The van der Waals surface area contributed by atoms with E-state index in [2.05, 4.69) is 10.3 Å². The number of para-hydroxylation sites is 1. The van der Waals surface area contributed by atoms with Crippen molar-refractivity contribution >= 4 is 48.9 Å². The summed E-state index contributed by atoms with van der Waals surface area (Å²) in [5.74, 6) is -0.403. The molecule has 0 radical (unpaired) electrons. The highest BCUT2D eigenvalue weighted by atomic mass is 32.2. The molecule has 136 valence electrons. The van der Waals surface area contributed by atoms with Gasteiger partial charge in [-0.05, 0) is 43.7 Å². The van der Waals surface area contributed by atoms with Crippen LogP contribution in [0.5, 0.6) is 0 Å². The molecule has 2 aromatic carbocycles. The van der Waals surface area contributed by atoms with E-state index in [0.29, 0.717) is 11.4 Å². The topological polar surface area (TPSA) is 79.4 Å². The number of fused-ring (bicyclic) bond motifs is 1. The summed E-state index contributed by atoms with van der Waals surface area (Å²) in [6.07, 6.45) is 1.10. The number of nitrogens with one attached hydrogen (secondary N) is 1. The van der Waals surface area contributed by atoms with Gasteiger partial charge in [0.2, 0.25) is 15.9 Å². The van der Waals surface area contributed by atoms with Crippen LogP contribution in [-0.2, 0) is 14.8 Å². The molecule has 8 heteroatoms. The van der Waals surface area contributed by atoms with Gasteiger partial charge < -0.3 is 5.32 Å². The Morgan fingerprint density at radius 1 is 1.19 bits per heavy atom. The predicted octanol–water partition coefficient (Wildman–Crippen LogP) is 3.32. The second-order valence-electron chi connectivity index (χ2n) is 6.02. The van der Waals surface area contributed by atoms with Crippen LogP contribution >= 0.6 is 11.3 Å². The first kappa shape index (κ1) is 18.3. The molecule has 1 heterocycles. The summed E-state index contributed by atoms with van der Waals surface area (Å²) < 4.78 is 26.5. The monoisotopic (exact) mass is 389 g/mol. The number of aryl methyl sites for hydroxylation is 2. The van der Waals surface area contributed by atoms with Crippen molar-refractivity contribution < 1.29 is 13.2 Å². The average molecular weight is 390 g/mol. The number of thiazole rings is 1. The van der Waals surface area contributed by atoms with Gasteiger partial charge in [-0.2, -0.15) is 0 Å². The molecule has 3 rings (SSSR count). The molecule has 3 aromatic rings. The number of carbonyl (C=O) groups is 1. The van der Waals surface area contributed by atoms with Crippen LogP contribution in [0, 0.1) is 13.8 Å². The summed E-state index contributed by atoms with van der Waals surface area (Å²) in [6, 6.07) is 12.5. The molecule has 0 unspecified atom stereocenters. The second-order valence-corrected chi connectivity index (χ2v) is 9.16. The molecule has 0 saturated carbocycles. The Morgan fingerprint density at radius 2 is 1.92 bits per heavy atom. The first-order valence-electron chi connectivity index (χ1n) is 7.94. The molecule has 6 nitrogen and oxygen atoms in total. The fourth-order valence-corrected chi connectivity index (χ4v) is 4.45. The van der Waals surface area contributed by atoms with Crippen LogP contribution in [-0.4, -0.2) is 32.1 Å². The van der Waals surface area contributed by atoms with Crippen LogP contribution in [0.15, 0.2) is 42.5 Å². The molecule has 0 fully saturated rings. The Hall–Kier alpha value is -2.45. The van der Waals surface area contributed by atoms with E-state index in [-0.39, 0.29) is 6.54 Å². The quantitative estimate of drug-likeness (QED) is 0.726. The third-order valence-electron chi connectivity index (χ3n) is 3.85. The molecule has 1 amide bonds. The Balaban J connectivity index is 1.82. The predicted molar refractivity (Wildman–Crippen MR) is 106 cm³/mol. The number of carbonyl (C=O) groups excluding carboxylic acids is 1. The summed E-state index contributed by atoms with van der Waals surface area (Å²) in [5, 5.41) is 3.72. The van der Waals surface area contributed by atoms with Gasteiger partial charge in [0.25, 0.3) is 0 Å². The van der Waals surface area contributed by atoms with Crippen molar-refractivity contribution in [1.29, 1.82) is 0 Å². The van der Waals surface area contributed by atoms with Gasteiger partial charge >= 0.3 is 0 Å². The molecule has 0 aliphatic rings. The second kappa shape index (κ2) is 7.05. The van der Waals surface area contributed by atoms with Crippen LogP contribution in [0.25, 0.3) is 10.2 Å². The van der Waals surface area contributed by atoms with E-state index in [4.69, 9.17) is 0 Å². The van der Waals surface area contributed by atoms with Gasteiger partial charge in [0, 0.05) is 5.69 Å². The number of amides is 1. The van der Waals surface area contributed by atoms with Crippen molar-refractivity contribution in [3.63, 3.8) is 0 Å². The number of rotatable bonds is 5. The standard InChI is InChI=1S/C18H19N3O3S2/c1-12-6-4-5-7-16(12)21(26(3,23)24)11-18(22)20-14-8-9-15-17(10-14)25-13(2)19-15/h4-10H,11H2,1-3H3,(H,20,22). The zero-order valence-corrected chi connectivity index (χ0v) is 16.3. The summed E-state index contributed by atoms with van der Waals surface area (Å²) >= 11 is 1.54. The third kappa shape index (κ3) is 4.03. The minimum atomic E-state index is -3.59. The zero-order valence-electron chi connectivity index (χ0n) is 14.7. The van der Waals surface area contributed by atoms with E-state index in [1.807, 2.05) is 38.1 Å². The van der Waals surface area contributed by atoms with Crippen LogP contribution in [0.4, 0.5) is 11.4 Å². The maximum atomic E-state index is 12.5. The normalized spacial score (nSPS) is 11.5.